The van der Waals surface area contributed by atoms with Crippen molar-refractivity contribution < 1.29 is 22.8 Å². The van der Waals surface area contributed by atoms with Gasteiger partial charge in [0.1, 0.15) is 0 Å². The molecule has 0 bridgehead atoms. The predicted molar refractivity (Wildman–Crippen MR) is 64.2 cm³/mol. The maximum atomic E-state index is 11.7. The molecule has 6 heteroatoms. The highest BCUT2D eigenvalue weighted by molar-refractivity contribution is 6.76. The molecule has 0 fully saturated rings. The van der Waals surface area contributed by atoms with E-state index in [-0.39, 0.29) is 0 Å². The van der Waals surface area contributed by atoms with Gasteiger partial charge in [0.15, 0.2) is 0 Å². The van der Waals surface area contributed by atoms with Crippen molar-refractivity contribution in [2.45, 2.75) is 0 Å². The zero-order chi connectivity index (χ0) is 12.9. The minimum Gasteiger partial charge on any atom is -0.465 e. The Morgan fingerprint density at radius 2 is 1.53 bits per heavy atom. The van der Waals surface area contributed by atoms with Gasteiger partial charge in [0.2, 0.25) is 0 Å². The van der Waals surface area contributed by atoms with Gasteiger partial charge in [0, 0.05) is 26.5 Å². The number of ether oxygens (including phenoxy) is 1. The second-order valence-corrected chi connectivity index (χ2v) is 6.08. The molecule has 0 atom stereocenters. The van der Waals surface area contributed by atoms with Crippen molar-refractivity contribution in [1.82, 2.24) is 0 Å². The van der Waals surface area contributed by atoms with Crippen LogP contribution in [0.15, 0.2) is 24.3 Å². The summed E-state index contributed by atoms with van der Waals surface area (Å²) in [6, 6.07) is 6.94. The molecule has 0 radical (unpaired) electrons. The third-order valence-corrected chi connectivity index (χ3v) is 5.18. The summed E-state index contributed by atoms with van der Waals surface area (Å²) in [5.41, 5.74) is 0.396. The fourth-order valence-electron chi connectivity index (χ4n) is 1.62. The van der Waals surface area contributed by atoms with E-state index in [2.05, 4.69) is 0 Å². The minimum atomic E-state index is -3.02. The van der Waals surface area contributed by atoms with Gasteiger partial charge in [-0.15, -0.1) is 0 Å². The molecule has 0 aromatic heterocycles. The Morgan fingerprint density at radius 3 is 2.00 bits per heavy atom. The van der Waals surface area contributed by atoms with Crippen molar-refractivity contribution in [3.05, 3.63) is 29.8 Å². The van der Waals surface area contributed by atoms with Crippen molar-refractivity contribution in [3.8, 4) is 0 Å². The molecule has 1 aromatic rings. The SMILES string of the molecule is COC(=O)c1ccccc1[Si](OC)(OC)OC. The summed E-state index contributed by atoms with van der Waals surface area (Å²) in [4.78, 5) is 11.7. The van der Waals surface area contributed by atoms with Gasteiger partial charge in [-0.2, -0.15) is 0 Å². The normalized spacial score (nSPS) is 11.3. The van der Waals surface area contributed by atoms with E-state index in [1.807, 2.05) is 0 Å². The molecule has 17 heavy (non-hydrogen) atoms. The van der Waals surface area contributed by atoms with Crippen molar-refractivity contribution in [2.75, 3.05) is 28.4 Å². The predicted octanol–water partition coefficient (Wildman–Crippen LogP) is 0.558. The molecular formula is C11H16O5Si. The number of rotatable bonds is 5. The number of carbonyl (C=O) groups excluding carboxylic acids is 1. The Kier molecular flexibility index (Phi) is 4.82. The standard InChI is InChI=1S/C11H16O5Si/c1-13-11(12)9-7-5-6-8-10(9)17(14-2,15-3)16-4/h5-8H,1-4H3. The zero-order valence-electron chi connectivity index (χ0n) is 10.4. The molecule has 1 rings (SSSR count). The third-order valence-electron chi connectivity index (χ3n) is 2.47. The molecule has 0 N–H and O–H groups in total. The second kappa shape index (κ2) is 5.92. The molecule has 0 aliphatic heterocycles. The Morgan fingerprint density at radius 1 is 1.00 bits per heavy atom. The summed E-state index contributed by atoms with van der Waals surface area (Å²) < 4.78 is 20.8. The maximum absolute atomic E-state index is 11.7. The fraction of sp³-hybridized carbons (Fsp3) is 0.364. The van der Waals surface area contributed by atoms with E-state index in [9.17, 15) is 4.79 Å². The van der Waals surface area contributed by atoms with Gasteiger partial charge in [-0.25, -0.2) is 4.79 Å². The van der Waals surface area contributed by atoms with Gasteiger partial charge in [0.05, 0.1) is 12.7 Å². The van der Waals surface area contributed by atoms with Crippen LogP contribution < -0.4 is 5.19 Å². The van der Waals surface area contributed by atoms with Crippen LogP contribution in [-0.4, -0.2) is 43.2 Å². The van der Waals surface area contributed by atoms with Crippen molar-refractivity contribution in [2.24, 2.45) is 0 Å². The molecule has 0 saturated carbocycles. The smallest absolute Gasteiger partial charge is 0.465 e. The maximum Gasteiger partial charge on any atom is 0.537 e. The fourth-order valence-corrected chi connectivity index (χ4v) is 3.59. The van der Waals surface area contributed by atoms with Crippen LogP contribution in [0.1, 0.15) is 10.4 Å². The summed E-state index contributed by atoms with van der Waals surface area (Å²) in [6.45, 7) is 0. The lowest BCUT2D eigenvalue weighted by atomic mass is 10.2. The van der Waals surface area contributed by atoms with Crippen LogP contribution in [0.25, 0.3) is 0 Å². The molecule has 1 aromatic carbocycles. The number of benzene rings is 1. The van der Waals surface area contributed by atoms with Crippen LogP contribution in [-0.2, 0) is 18.0 Å². The molecule has 0 aliphatic carbocycles. The monoisotopic (exact) mass is 256 g/mol. The van der Waals surface area contributed by atoms with Gasteiger partial charge >= 0.3 is 14.8 Å². The summed E-state index contributed by atoms with van der Waals surface area (Å²) >= 11 is 0. The molecule has 0 spiro atoms. The Labute approximate surface area is 102 Å². The first-order valence-electron chi connectivity index (χ1n) is 4.98. The summed E-state index contributed by atoms with van der Waals surface area (Å²) in [5, 5.41) is 0.597. The first-order valence-corrected chi connectivity index (χ1v) is 6.71. The quantitative estimate of drug-likeness (QED) is 0.569. The van der Waals surface area contributed by atoms with E-state index in [0.717, 1.165) is 0 Å². The molecular weight excluding hydrogens is 240 g/mol. The lowest BCUT2D eigenvalue weighted by Crippen LogP contribution is -2.56. The molecule has 0 aliphatic rings. The van der Waals surface area contributed by atoms with Gasteiger partial charge < -0.3 is 18.0 Å². The summed E-state index contributed by atoms with van der Waals surface area (Å²) in [5.74, 6) is -0.441. The summed E-state index contributed by atoms with van der Waals surface area (Å²) in [6.07, 6.45) is 0. The van der Waals surface area contributed by atoms with Gasteiger partial charge in [-0.1, -0.05) is 18.2 Å². The van der Waals surface area contributed by atoms with Crippen LogP contribution in [0.4, 0.5) is 0 Å². The van der Waals surface area contributed by atoms with E-state index >= 15 is 0 Å². The number of esters is 1. The Bertz CT molecular complexity index is 381. The number of hydrogen-bond donors (Lipinski definition) is 0. The Hall–Kier alpha value is -1.21. The molecule has 94 valence electrons. The van der Waals surface area contributed by atoms with Gasteiger partial charge in [0.25, 0.3) is 0 Å². The average Bonchev–Trinajstić information content (AvgIpc) is 2.41. The highest BCUT2D eigenvalue weighted by Gasteiger charge is 2.43. The number of hydrogen-bond acceptors (Lipinski definition) is 5. The number of carbonyl (C=O) groups is 1. The third kappa shape index (κ3) is 2.55. The zero-order valence-corrected chi connectivity index (χ0v) is 11.4. The van der Waals surface area contributed by atoms with Crippen molar-refractivity contribution >= 4 is 20.0 Å². The largest absolute Gasteiger partial charge is 0.537 e. The first-order chi connectivity index (χ1) is 8.15. The van der Waals surface area contributed by atoms with Crippen LogP contribution >= 0.6 is 0 Å². The highest BCUT2D eigenvalue weighted by atomic mass is 28.4. The van der Waals surface area contributed by atoms with Crippen molar-refractivity contribution in [3.63, 3.8) is 0 Å². The van der Waals surface area contributed by atoms with E-state index in [1.165, 1.54) is 28.4 Å². The summed E-state index contributed by atoms with van der Waals surface area (Å²) in [7, 11) is 2.79. The second-order valence-electron chi connectivity index (χ2n) is 3.21. The lowest BCUT2D eigenvalue weighted by molar-refractivity contribution is 0.0599. The molecule has 5 nitrogen and oxygen atoms in total. The Balaban J connectivity index is 3.33. The average molecular weight is 256 g/mol. The number of methoxy groups -OCH3 is 1. The van der Waals surface area contributed by atoms with E-state index < -0.39 is 14.8 Å². The topological polar surface area (TPSA) is 54.0 Å². The van der Waals surface area contributed by atoms with Gasteiger partial charge in [-0.3, -0.25) is 0 Å². The minimum absolute atomic E-state index is 0.396. The van der Waals surface area contributed by atoms with E-state index in [1.54, 1.807) is 24.3 Å². The van der Waals surface area contributed by atoms with Crippen LogP contribution in [0, 0.1) is 0 Å². The van der Waals surface area contributed by atoms with Crippen LogP contribution in [0.3, 0.4) is 0 Å². The van der Waals surface area contributed by atoms with E-state index in [4.69, 9.17) is 18.0 Å². The molecule has 0 saturated heterocycles. The lowest BCUT2D eigenvalue weighted by Gasteiger charge is -2.25. The van der Waals surface area contributed by atoms with E-state index in [0.29, 0.717) is 10.8 Å². The van der Waals surface area contributed by atoms with Crippen LogP contribution in [0.2, 0.25) is 0 Å². The van der Waals surface area contributed by atoms with Gasteiger partial charge in [-0.05, 0) is 6.07 Å². The van der Waals surface area contributed by atoms with Crippen LogP contribution in [0.5, 0.6) is 0 Å². The van der Waals surface area contributed by atoms with Crippen molar-refractivity contribution in [1.29, 1.82) is 0 Å². The molecule has 0 heterocycles. The highest BCUT2D eigenvalue weighted by Crippen LogP contribution is 2.11. The first kappa shape index (κ1) is 13.9. The molecule has 0 unspecified atom stereocenters. The molecule has 0 amide bonds.